The SMILES string of the molecule is Cc1ccc(CNC(=O)c2c(-c3cccc(F)c3)noc2C)o1. The van der Waals surface area contributed by atoms with Gasteiger partial charge in [-0.15, -0.1) is 0 Å². The summed E-state index contributed by atoms with van der Waals surface area (Å²) in [5.74, 6) is 1.04. The molecule has 0 bridgehead atoms. The maximum atomic E-state index is 13.4. The molecule has 2 heterocycles. The Kier molecular flexibility index (Phi) is 3.97. The fourth-order valence-corrected chi connectivity index (χ4v) is 2.31. The lowest BCUT2D eigenvalue weighted by Crippen LogP contribution is -2.23. The number of benzene rings is 1. The summed E-state index contributed by atoms with van der Waals surface area (Å²) in [5.41, 5.74) is 1.09. The van der Waals surface area contributed by atoms with Crippen molar-refractivity contribution in [2.45, 2.75) is 20.4 Å². The van der Waals surface area contributed by atoms with E-state index in [0.29, 0.717) is 28.3 Å². The molecule has 0 aliphatic carbocycles. The highest BCUT2D eigenvalue weighted by Gasteiger charge is 2.21. The van der Waals surface area contributed by atoms with Crippen molar-refractivity contribution in [1.29, 1.82) is 0 Å². The molecule has 0 saturated heterocycles. The number of furan rings is 1. The Bertz CT molecular complexity index is 851. The first-order chi connectivity index (χ1) is 11.0. The summed E-state index contributed by atoms with van der Waals surface area (Å²) in [5, 5.41) is 6.64. The fraction of sp³-hybridized carbons (Fsp3) is 0.176. The van der Waals surface area contributed by atoms with Crippen LogP contribution in [0.15, 0.2) is 45.3 Å². The molecule has 0 spiro atoms. The Morgan fingerprint density at radius 1 is 1.26 bits per heavy atom. The number of carbonyl (C=O) groups excluding carboxylic acids is 1. The van der Waals surface area contributed by atoms with Crippen molar-refractivity contribution in [2.75, 3.05) is 0 Å². The lowest BCUT2D eigenvalue weighted by atomic mass is 10.1. The lowest BCUT2D eigenvalue weighted by Gasteiger charge is -2.04. The molecule has 3 aromatic rings. The second-order valence-electron chi connectivity index (χ2n) is 5.17. The number of amides is 1. The van der Waals surface area contributed by atoms with Crippen molar-refractivity contribution < 1.29 is 18.1 Å². The van der Waals surface area contributed by atoms with Crippen LogP contribution in [0, 0.1) is 19.7 Å². The number of aromatic nitrogens is 1. The molecule has 0 saturated carbocycles. The Labute approximate surface area is 132 Å². The van der Waals surface area contributed by atoms with Gasteiger partial charge in [-0.2, -0.15) is 0 Å². The summed E-state index contributed by atoms with van der Waals surface area (Å²) in [6.45, 7) is 3.72. The van der Waals surface area contributed by atoms with Gasteiger partial charge >= 0.3 is 0 Å². The predicted molar refractivity (Wildman–Crippen MR) is 81.2 cm³/mol. The van der Waals surface area contributed by atoms with Crippen LogP contribution in [0.2, 0.25) is 0 Å². The van der Waals surface area contributed by atoms with Gasteiger partial charge in [0.25, 0.3) is 5.91 Å². The molecule has 6 heteroatoms. The van der Waals surface area contributed by atoms with Crippen LogP contribution in [0.25, 0.3) is 11.3 Å². The molecule has 0 fully saturated rings. The van der Waals surface area contributed by atoms with Gasteiger partial charge < -0.3 is 14.3 Å². The third kappa shape index (κ3) is 3.15. The molecule has 0 unspecified atom stereocenters. The summed E-state index contributed by atoms with van der Waals surface area (Å²) < 4.78 is 23.9. The topological polar surface area (TPSA) is 68.3 Å². The van der Waals surface area contributed by atoms with Crippen LogP contribution in [0.3, 0.4) is 0 Å². The van der Waals surface area contributed by atoms with Crippen molar-refractivity contribution in [3.05, 3.63) is 65.1 Å². The van der Waals surface area contributed by atoms with E-state index in [1.165, 1.54) is 12.1 Å². The quantitative estimate of drug-likeness (QED) is 0.798. The molecule has 3 rings (SSSR count). The van der Waals surface area contributed by atoms with Crippen LogP contribution in [-0.4, -0.2) is 11.1 Å². The third-order valence-corrected chi connectivity index (χ3v) is 3.41. The minimum Gasteiger partial charge on any atom is -0.465 e. The predicted octanol–water partition coefficient (Wildman–Crippen LogP) is 3.62. The second kappa shape index (κ2) is 6.08. The van der Waals surface area contributed by atoms with Crippen LogP contribution in [-0.2, 0) is 6.54 Å². The first-order valence-electron chi connectivity index (χ1n) is 7.10. The summed E-state index contributed by atoms with van der Waals surface area (Å²) in [6, 6.07) is 9.49. The van der Waals surface area contributed by atoms with Crippen molar-refractivity contribution in [3.63, 3.8) is 0 Å². The van der Waals surface area contributed by atoms with E-state index in [2.05, 4.69) is 10.5 Å². The summed E-state index contributed by atoms with van der Waals surface area (Å²) in [6.07, 6.45) is 0. The number of nitrogens with zero attached hydrogens (tertiary/aromatic N) is 1. The van der Waals surface area contributed by atoms with E-state index in [0.717, 1.165) is 5.76 Å². The van der Waals surface area contributed by atoms with Gasteiger partial charge in [-0.1, -0.05) is 17.3 Å². The number of hydrogen-bond donors (Lipinski definition) is 1. The molecule has 0 aliphatic heterocycles. The normalized spacial score (nSPS) is 10.7. The Hall–Kier alpha value is -2.89. The van der Waals surface area contributed by atoms with E-state index < -0.39 is 5.82 Å². The maximum absolute atomic E-state index is 13.4. The van der Waals surface area contributed by atoms with Crippen molar-refractivity contribution >= 4 is 5.91 Å². The smallest absolute Gasteiger partial charge is 0.257 e. The van der Waals surface area contributed by atoms with Gasteiger partial charge in [0.15, 0.2) is 0 Å². The highest BCUT2D eigenvalue weighted by Crippen LogP contribution is 2.25. The maximum Gasteiger partial charge on any atom is 0.257 e. The van der Waals surface area contributed by atoms with Crippen LogP contribution < -0.4 is 5.32 Å². The molecule has 2 aromatic heterocycles. The van der Waals surface area contributed by atoms with Crippen LogP contribution in [0.4, 0.5) is 4.39 Å². The van der Waals surface area contributed by atoms with Crippen molar-refractivity contribution in [1.82, 2.24) is 10.5 Å². The molecule has 0 atom stereocenters. The Morgan fingerprint density at radius 2 is 2.09 bits per heavy atom. The van der Waals surface area contributed by atoms with E-state index in [9.17, 15) is 9.18 Å². The fourth-order valence-electron chi connectivity index (χ4n) is 2.31. The van der Waals surface area contributed by atoms with E-state index in [-0.39, 0.29) is 12.5 Å². The summed E-state index contributed by atoms with van der Waals surface area (Å²) in [7, 11) is 0. The zero-order valence-electron chi connectivity index (χ0n) is 12.7. The van der Waals surface area contributed by atoms with Gasteiger partial charge in [0.2, 0.25) is 0 Å². The number of rotatable bonds is 4. The van der Waals surface area contributed by atoms with Crippen LogP contribution in [0.5, 0.6) is 0 Å². The van der Waals surface area contributed by atoms with Crippen molar-refractivity contribution in [3.8, 4) is 11.3 Å². The van der Waals surface area contributed by atoms with Gasteiger partial charge in [0, 0.05) is 5.56 Å². The first-order valence-corrected chi connectivity index (χ1v) is 7.10. The van der Waals surface area contributed by atoms with Gasteiger partial charge in [-0.25, -0.2) is 4.39 Å². The number of nitrogens with one attached hydrogen (secondary N) is 1. The van der Waals surface area contributed by atoms with Gasteiger partial charge in [-0.3, -0.25) is 4.79 Å². The van der Waals surface area contributed by atoms with Crippen LogP contribution in [0.1, 0.15) is 27.6 Å². The van der Waals surface area contributed by atoms with E-state index in [1.54, 1.807) is 25.1 Å². The summed E-state index contributed by atoms with van der Waals surface area (Å²) >= 11 is 0. The molecule has 5 nitrogen and oxygen atoms in total. The van der Waals surface area contributed by atoms with E-state index in [4.69, 9.17) is 8.94 Å². The number of carbonyl (C=O) groups is 1. The second-order valence-corrected chi connectivity index (χ2v) is 5.17. The first kappa shape index (κ1) is 15.0. The molecule has 0 radical (unpaired) electrons. The number of halogens is 1. The number of hydrogen-bond acceptors (Lipinski definition) is 4. The molecule has 0 aliphatic rings. The number of aryl methyl sites for hydroxylation is 2. The molecule has 1 N–H and O–H groups in total. The zero-order valence-corrected chi connectivity index (χ0v) is 12.7. The van der Waals surface area contributed by atoms with Gasteiger partial charge in [0.1, 0.15) is 34.4 Å². The lowest BCUT2D eigenvalue weighted by molar-refractivity contribution is 0.0947. The molecule has 1 amide bonds. The average Bonchev–Trinajstić information content (AvgIpc) is 3.11. The average molecular weight is 314 g/mol. The van der Waals surface area contributed by atoms with E-state index >= 15 is 0 Å². The van der Waals surface area contributed by atoms with E-state index in [1.807, 2.05) is 13.0 Å². The van der Waals surface area contributed by atoms with Crippen LogP contribution >= 0.6 is 0 Å². The van der Waals surface area contributed by atoms with Gasteiger partial charge in [-0.05, 0) is 38.1 Å². The third-order valence-electron chi connectivity index (χ3n) is 3.41. The minimum absolute atomic E-state index is 0.250. The summed E-state index contributed by atoms with van der Waals surface area (Å²) in [4.78, 5) is 12.4. The highest BCUT2D eigenvalue weighted by atomic mass is 19.1. The zero-order chi connectivity index (χ0) is 16.4. The van der Waals surface area contributed by atoms with Crippen molar-refractivity contribution in [2.24, 2.45) is 0 Å². The highest BCUT2D eigenvalue weighted by molar-refractivity contribution is 6.00. The molecular formula is C17H15FN2O3. The minimum atomic E-state index is -0.402. The molecule has 118 valence electrons. The standard InChI is InChI=1S/C17H15FN2O3/c1-10-6-7-14(22-10)9-19-17(21)15-11(2)23-20-16(15)12-4-3-5-13(18)8-12/h3-8H,9H2,1-2H3,(H,19,21). The Morgan fingerprint density at radius 3 is 2.78 bits per heavy atom. The van der Waals surface area contributed by atoms with Gasteiger partial charge in [0.05, 0.1) is 6.54 Å². The largest absolute Gasteiger partial charge is 0.465 e. The molecular weight excluding hydrogens is 299 g/mol. The molecule has 1 aromatic carbocycles. The Balaban J connectivity index is 1.84. The molecule has 23 heavy (non-hydrogen) atoms. The monoisotopic (exact) mass is 314 g/mol.